The van der Waals surface area contributed by atoms with Gasteiger partial charge in [0.1, 0.15) is 11.3 Å². The third-order valence-corrected chi connectivity index (χ3v) is 3.70. The van der Waals surface area contributed by atoms with Gasteiger partial charge in [-0.1, -0.05) is 12.1 Å². The van der Waals surface area contributed by atoms with Crippen molar-refractivity contribution in [1.82, 2.24) is 19.9 Å². The fourth-order valence-electron chi connectivity index (χ4n) is 2.51. The molecule has 8 heteroatoms. The van der Waals surface area contributed by atoms with Gasteiger partial charge >= 0.3 is 5.97 Å². The zero-order valence-corrected chi connectivity index (χ0v) is 13.4. The Hall–Kier alpha value is -3.42. The van der Waals surface area contributed by atoms with Gasteiger partial charge in [-0.2, -0.15) is 5.10 Å². The Bertz CT molecular complexity index is 922. The summed E-state index contributed by atoms with van der Waals surface area (Å²) >= 11 is 0. The lowest BCUT2D eigenvalue weighted by Crippen LogP contribution is -2.30. The highest BCUT2D eigenvalue weighted by molar-refractivity contribution is 6.00. The number of carbonyl (C=O) groups is 2. The van der Waals surface area contributed by atoms with Crippen molar-refractivity contribution in [1.29, 1.82) is 0 Å². The fraction of sp³-hybridized carbons (Fsp3) is 0.176. The summed E-state index contributed by atoms with van der Waals surface area (Å²) in [4.78, 5) is 28.0. The van der Waals surface area contributed by atoms with Crippen LogP contribution in [0.15, 0.2) is 48.9 Å². The number of carboxylic acids is 1. The summed E-state index contributed by atoms with van der Waals surface area (Å²) in [6, 6.07) is 7.92. The average Bonchev–Trinajstić information content (AvgIpc) is 3.05. The maximum Gasteiger partial charge on any atom is 0.305 e. The molecule has 2 N–H and O–H groups in total. The van der Waals surface area contributed by atoms with Gasteiger partial charge in [0.05, 0.1) is 25.8 Å². The Balaban J connectivity index is 1.89. The Morgan fingerprint density at radius 2 is 2.20 bits per heavy atom. The van der Waals surface area contributed by atoms with Gasteiger partial charge in [0.15, 0.2) is 5.65 Å². The molecule has 0 aliphatic carbocycles. The predicted octanol–water partition coefficient (Wildman–Crippen LogP) is 1.68. The number of rotatable bonds is 6. The molecule has 2 heterocycles. The Morgan fingerprint density at radius 1 is 1.36 bits per heavy atom. The summed E-state index contributed by atoms with van der Waals surface area (Å²) in [6.45, 7) is 0. The van der Waals surface area contributed by atoms with Gasteiger partial charge in [-0.05, 0) is 23.8 Å². The smallest absolute Gasteiger partial charge is 0.305 e. The summed E-state index contributed by atoms with van der Waals surface area (Å²) in [6.07, 6.45) is 4.38. The van der Waals surface area contributed by atoms with Gasteiger partial charge < -0.3 is 15.2 Å². The van der Waals surface area contributed by atoms with Gasteiger partial charge in [0.2, 0.25) is 0 Å². The van der Waals surface area contributed by atoms with Crippen LogP contribution >= 0.6 is 0 Å². The van der Waals surface area contributed by atoms with E-state index < -0.39 is 17.9 Å². The highest BCUT2D eigenvalue weighted by Crippen LogP contribution is 2.22. The molecule has 1 atom stereocenters. The molecule has 3 rings (SSSR count). The second-order valence-corrected chi connectivity index (χ2v) is 5.35. The molecule has 0 saturated heterocycles. The molecule has 0 bridgehead atoms. The monoisotopic (exact) mass is 340 g/mol. The Kier molecular flexibility index (Phi) is 4.60. The Labute approximate surface area is 143 Å². The van der Waals surface area contributed by atoms with Crippen molar-refractivity contribution >= 4 is 17.5 Å². The molecule has 1 aromatic carbocycles. The van der Waals surface area contributed by atoms with Crippen LogP contribution in [-0.4, -0.2) is 38.7 Å². The summed E-state index contributed by atoms with van der Waals surface area (Å²) in [7, 11) is 1.52. The van der Waals surface area contributed by atoms with E-state index in [0.717, 1.165) is 0 Å². The Morgan fingerprint density at radius 3 is 2.96 bits per heavy atom. The number of nitrogens with one attached hydrogen (secondary N) is 1. The molecule has 0 spiro atoms. The summed E-state index contributed by atoms with van der Waals surface area (Å²) < 4.78 is 6.64. The number of ether oxygens (including phenoxy) is 1. The number of nitrogens with zero attached hydrogens (tertiary/aromatic N) is 3. The van der Waals surface area contributed by atoms with E-state index in [4.69, 9.17) is 4.74 Å². The first-order valence-corrected chi connectivity index (χ1v) is 7.53. The van der Waals surface area contributed by atoms with Crippen LogP contribution in [0, 0.1) is 0 Å². The number of carboxylic acid groups (broad SMARTS) is 1. The molecule has 1 amide bonds. The molecule has 0 radical (unpaired) electrons. The van der Waals surface area contributed by atoms with Crippen molar-refractivity contribution in [2.24, 2.45) is 0 Å². The van der Waals surface area contributed by atoms with Crippen LogP contribution in [0.1, 0.15) is 28.4 Å². The van der Waals surface area contributed by atoms with Crippen LogP contribution in [0.25, 0.3) is 5.65 Å². The van der Waals surface area contributed by atoms with E-state index in [9.17, 15) is 14.7 Å². The van der Waals surface area contributed by atoms with E-state index in [1.807, 2.05) is 0 Å². The number of hydrogen-bond acceptors (Lipinski definition) is 5. The van der Waals surface area contributed by atoms with E-state index in [2.05, 4.69) is 15.4 Å². The third kappa shape index (κ3) is 3.57. The molecule has 8 nitrogen and oxygen atoms in total. The SMILES string of the molecule is COc1cccc(C(CC(=O)O)NC(=O)c2cnn3cccnc23)c1. The first kappa shape index (κ1) is 16.4. The van der Waals surface area contributed by atoms with E-state index in [1.165, 1.54) is 17.8 Å². The van der Waals surface area contributed by atoms with Crippen molar-refractivity contribution in [3.63, 3.8) is 0 Å². The van der Waals surface area contributed by atoms with Gasteiger partial charge in [-0.3, -0.25) is 9.59 Å². The number of amides is 1. The summed E-state index contributed by atoms with van der Waals surface area (Å²) in [5.74, 6) is -0.881. The van der Waals surface area contributed by atoms with Gasteiger partial charge in [0.25, 0.3) is 5.91 Å². The van der Waals surface area contributed by atoms with Gasteiger partial charge in [-0.15, -0.1) is 0 Å². The van der Waals surface area contributed by atoms with Crippen LogP contribution in [-0.2, 0) is 4.79 Å². The van der Waals surface area contributed by atoms with Crippen molar-refractivity contribution in [2.45, 2.75) is 12.5 Å². The minimum Gasteiger partial charge on any atom is -0.497 e. The number of methoxy groups -OCH3 is 1. The quantitative estimate of drug-likeness (QED) is 0.707. The van der Waals surface area contributed by atoms with Crippen molar-refractivity contribution in [2.75, 3.05) is 7.11 Å². The standard InChI is InChI=1S/C17H16N4O4/c1-25-12-5-2-4-11(8-12)14(9-15(22)23)20-17(24)13-10-19-21-7-3-6-18-16(13)21/h2-8,10,14H,9H2,1H3,(H,20,24)(H,22,23). The second-order valence-electron chi connectivity index (χ2n) is 5.35. The number of aliphatic carboxylic acids is 1. The van der Waals surface area contributed by atoms with Crippen LogP contribution in [0.3, 0.4) is 0 Å². The molecule has 0 saturated carbocycles. The zero-order valence-electron chi connectivity index (χ0n) is 13.4. The average molecular weight is 340 g/mol. The molecule has 3 aromatic rings. The largest absolute Gasteiger partial charge is 0.497 e. The molecular formula is C17H16N4O4. The lowest BCUT2D eigenvalue weighted by atomic mass is 10.0. The lowest BCUT2D eigenvalue weighted by molar-refractivity contribution is -0.137. The highest BCUT2D eigenvalue weighted by Gasteiger charge is 2.22. The van der Waals surface area contributed by atoms with E-state index >= 15 is 0 Å². The predicted molar refractivity (Wildman–Crippen MR) is 88.4 cm³/mol. The van der Waals surface area contributed by atoms with Crippen molar-refractivity contribution in [3.05, 3.63) is 60.0 Å². The number of carbonyl (C=O) groups excluding carboxylic acids is 1. The molecule has 2 aromatic heterocycles. The molecule has 0 aliphatic heterocycles. The molecule has 25 heavy (non-hydrogen) atoms. The minimum atomic E-state index is -1.02. The van der Waals surface area contributed by atoms with Crippen LogP contribution < -0.4 is 10.1 Å². The number of benzene rings is 1. The lowest BCUT2D eigenvalue weighted by Gasteiger charge is -2.17. The number of aromatic nitrogens is 3. The molecule has 0 fully saturated rings. The van der Waals surface area contributed by atoms with E-state index in [1.54, 1.807) is 42.7 Å². The normalized spacial score (nSPS) is 11.9. The third-order valence-electron chi connectivity index (χ3n) is 3.70. The minimum absolute atomic E-state index is 0.258. The number of fused-ring (bicyclic) bond motifs is 1. The fourth-order valence-corrected chi connectivity index (χ4v) is 2.51. The molecular weight excluding hydrogens is 324 g/mol. The maximum atomic E-state index is 12.6. The van der Waals surface area contributed by atoms with Crippen LogP contribution in [0.4, 0.5) is 0 Å². The molecule has 1 unspecified atom stereocenters. The first-order chi connectivity index (χ1) is 12.1. The van der Waals surface area contributed by atoms with Gasteiger partial charge in [0, 0.05) is 12.4 Å². The van der Waals surface area contributed by atoms with Gasteiger partial charge in [-0.25, -0.2) is 9.50 Å². The maximum absolute atomic E-state index is 12.6. The van der Waals surface area contributed by atoms with Crippen molar-refractivity contribution < 1.29 is 19.4 Å². The topological polar surface area (TPSA) is 106 Å². The van der Waals surface area contributed by atoms with Crippen LogP contribution in [0.5, 0.6) is 5.75 Å². The second kappa shape index (κ2) is 7.00. The molecule has 128 valence electrons. The highest BCUT2D eigenvalue weighted by atomic mass is 16.5. The number of hydrogen-bond donors (Lipinski definition) is 2. The summed E-state index contributed by atoms with van der Waals surface area (Å²) in [5, 5.41) is 16.0. The van der Waals surface area contributed by atoms with Crippen molar-refractivity contribution in [3.8, 4) is 5.75 Å². The first-order valence-electron chi connectivity index (χ1n) is 7.53. The zero-order chi connectivity index (χ0) is 17.8. The van der Waals surface area contributed by atoms with Crippen LogP contribution in [0.2, 0.25) is 0 Å². The van der Waals surface area contributed by atoms with E-state index in [-0.39, 0.29) is 12.0 Å². The summed E-state index contributed by atoms with van der Waals surface area (Å²) in [5.41, 5.74) is 1.32. The van der Waals surface area contributed by atoms with E-state index in [0.29, 0.717) is 17.0 Å². The molecule has 0 aliphatic rings.